The Morgan fingerprint density at radius 2 is 1.88 bits per heavy atom. The lowest BCUT2D eigenvalue weighted by molar-refractivity contribution is 0.00502. The molecule has 0 spiro atoms. The molecule has 0 aromatic heterocycles. The Kier molecular flexibility index (Phi) is 6.14. The summed E-state index contributed by atoms with van der Waals surface area (Å²) in [5, 5.41) is 2.68. The van der Waals surface area contributed by atoms with Crippen LogP contribution in [0.2, 0.25) is 0 Å². The van der Waals surface area contributed by atoms with Crippen LogP contribution in [0.5, 0.6) is 0 Å². The molecule has 1 aromatic rings. The van der Waals surface area contributed by atoms with E-state index in [2.05, 4.69) is 36.0 Å². The molecule has 2 amide bonds. The van der Waals surface area contributed by atoms with Gasteiger partial charge in [-0.15, -0.1) is 0 Å². The lowest BCUT2D eigenvalue weighted by atomic mass is 9.96. The number of benzene rings is 1. The van der Waals surface area contributed by atoms with E-state index in [0.717, 1.165) is 32.7 Å². The SMILES string of the molecule is CC(C)CN(C1CCN(C)CC1)C1CN(C(=O)Nc2ccccc2F)C1. The zero-order valence-corrected chi connectivity index (χ0v) is 16.1. The first kappa shape index (κ1) is 19.1. The van der Waals surface area contributed by atoms with Crippen LogP contribution in [0.15, 0.2) is 24.3 Å². The summed E-state index contributed by atoms with van der Waals surface area (Å²) in [6.07, 6.45) is 2.39. The molecule has 3 rings (SSSR count). The van der Waals surface area contributed by atoms with Crippen molar-refractivity contribution in [1.82, 2.24) is 14.7 Å². The van der Waals surface area contributed by atoms with Crippen LogP contribution in [0.1, 0.15) is 26.7 Å². The number of hydrogen-bond acceptors (Lipinski definition) is 3. The number of anilines is 1. The van der Waals surface area contributed by atoms with E-state index in [0.29, 0.717) is 18.0 Å². The minimum Gasteiger partial charge on any atom is -0.321 e. The third kappa shape index (κ3) is 4.54. The number of amides is 2. The molecular formula is C20H31FN4O. The van der Waals surface area contributed by atoms with Crippen molar-refractivity contribution in [1.29, 1.82) is 0 Å². The third-order valence-electron chi connectivity index (χ3n) is 5.47. The van der Waals surface area contributed by atoms with E-state index in [4.69, 9.17) is 0 Å². The Bertz CT molecular complexity index is 610. The van der Waals surface area contributed by atoms with Gasteiger partial charge in [-0.25, -0.2) is 9.18 Å². The number of piperidine rings is 1. The second-order valence-electron chi connectivity index (χ2n) is 8.09. The molecule has 2 aliphatic heterocycles. The van der Waals surface area contributed by atoms with Crippen LogP contribution < -0.4 is 5.32 Å². The highest BCUT2D eigenvalue weighted by Crippen LogP contribution is 2.25. The smallest absolute Gasteiger partial charge is 0.321 e. The van der Waals surface area contributed by atoms with Crippen LogP contribution in [-0.4, -0.2) is 72.6 Å². The molecule has 0 unspecified atom stereocenters. The van der Waals surface area contributed by atoms with Gasteiger partial charge in [-0.1, -0.05) is 26.0 Å². The van der Waals surface area contributed by atoms with Crippen molar-refractivity contribution in [2.24, 2.45) is 5.92 Å². The minimum absolute atomic E-state index is 0.209. The Morgan fingerprint density at radius 3 is 2.50 bits per heavy atom. The van der Waals surface area contributed by atoms with Gasteiger partial charge in [0.25, 0.3) is 0 Å². The fourth-order valence-electron chi connectivity index (χ4n) is 3.93. The number of likely N-dealkylation sites (tertiary alicyclic amines) is 2. The molecule has 0 bridgehead atoms. The maximum atomic E-state index is 13.7. The number of carbonyl (C=O) groups excluding carboxylic acids is 1. The molecular weight excluding hydrogens is 331 g/mol. The molecule has 0 saturated carbocycles. The molecule has 2 fully saturated rings. The normalized spacial score (nSPS) is 19.8. The number of hydrogen-bond donors (Lipinski definition) is 1. The van der Waals surface area contributed by atoms with Crippen molar-refractivity contribution in [3.63, 3.8) is 0 Å². The van der Waals surface area contributed by atoms with Crippen molar-refractivity contribution in [2.45, 2.75) is 38.8 Å². The Morgan fingerprint density at radius 1 is 1.23 bits per heavy atom. The predicted octanol–water partition coefficient (Wildman–Crippen LogP) is 3.09. The molecule has 0 radical (unpaired) electrons. The van der Waals surface area contributed by atoms with E-state index >= 15 is 0 Å². The largest absolute Gasteiger partial charge is 0.322 e. The number of halogens is 1. The second-order valence-corrected chi connectivity index (χ2v) is 8.09. The molecule has 1 N–H and O–H groups in total. The van der Waals surface area contributed by atoms with Gasteiger partial charge in [0.1, 0.15) is 5.82 Å². The summed E-state index contributed by atoms with van der Waals surface area (Å²) in [7, 11) is 2.18. The van der Waals surface area contributed by atoms with E-state index in [-0.39, 0.29) is 11.7 Å². The zero-order valence-electron chi connectivity index (χ0n) is 16.1. The molecule has 1 aromatic carbocycles. The summed E-state index contributed by atoms with van der Waals surface area (Å²) >= 11 is 0. The summed E-state index contributed by atoms with van der Waals surface area (Å²) in [5.74, 6) is 0.210. The average Bonchev–Trinajstić information content (AvgIpc) is 2.55. The number of carbonyl (C=O) groups is 1. The third-order valence-corrected chi connectivity index (χ3v) is 5.47. The van der Waals surface area contributed by atoms with E-state index in [1.807, 2.05) is 0 Å². The van der Waals surface area contributed by atoms with Gasteiger partial charge < -0.3 is 15.1 Å². The number of para-hydroxylation sites is 1. The molecule has 2 heterocycles. The van der Waals surface area contributed by atoms with Gasteiger partial charge in [0.15, 0.2) is 0 Å². The topological polar surface area (TPSA) is 38.8 Å². The fraction of sp³-hybridized carbons (Fsp3) is 0.650. The summed E-state index contributed by atoms with van der Waals surface area (Å²) in [5.41, 5.74) is 0.246. The van der Waals surface area contributed by atoms with E-state index in [1.54, 1.807) is 23.1 Å². The summed E-state index contributed by atoms with van der Waals surface area (Å²) in [4.78, 5) is 19.2. The molecule has 6 heteroatoms. The molecule has 2 aliphatic rings. The van der Waals surface area contributed by atoms with Gasteiger partial charge in [0, 0.05) is 31.7 Å². The van der Waals surface area contributed by atoms with Crippen molar-refractivity contribution < 1.29 is 9.18 Å². The van der Waals surface area contributed by atoms with Crippen LogP contribution in [0.25, 0.3) is 0 Å². The van der Waals surface area contributed by atoms with Gasteiger partial charge in [-0.05, 0) is 51.0 Å². The minimum atomic E-state index is -0.398. The van der Waals surface area contributed by atoms with Crippen LogP contribution in [0.4, 0.5) is 14.9 Å². The van der Waals surface area contributed by atoms with Crippen molar-refractivity contribution in [2.75, 3.05) is 45.1 Å². The first-order chi connectivity index (χ1) is 12.4. The van der Waals surface area contributed by atoms with E-state index in [1.165, 1.54) is 18.9 Å². The van der Waals surface area contributed by atoms with Crippen LogP contribution >= 0.6 is 0 Å². The Balaban J connectivity index is 1.55. The monoisotopic (exact) mass is 362 g/mol. The van der Waals surface area contributed by atoms with Gasteiger partial charge >= 0.3 is 6.03 Å². The van der Waals surface area contributed by atoms with Gasteiger partial charge in [-0.2, -0.15) is 0 Å². The number of nitrogens with one attached hydrogen (secondary N) is 1. The van der Waals surface area contributed by atoms with Crippen LogP contribution in [0, 0.1) is 11.7 Å². The lowest BCUT2D eigenvalue weighted by Gasteiger charge is -2.50. The van der Waals surface area contributed by atoms with Crippen molar-refractivity contribution in [3.05, 3.63) is 30.1 Å². The summed E-state index contributed by atoms with van der Waals surface area (Å²) < 4.78 is 13.7. The highest BCUT2D eigenvalue weighted by Gasteiger charge is 2.38. The molecule has 0 atom stereocenters. The Hall–Kier alpha value is -1.66. The van der Waals surface area contributed by atoms with Gasteiger partial charge in [0.2, 0.25) is 0 Å². The predicted molar refractivity (Wildman–Crippen MR) is 103 cm³/mol. The van der Waals surface area contributed by atoms with Gasteiger partial charge in [0.05, 0.1) is 5.69 Å². The maximum absolute atomic E-state index is 13.7. The molecule has 5 nitrogen and oxygen atoms in total. The van der Waals surface area contributed by atoms with E-state index in [9.17, 15) is 9.18 Å². The van der Waals surface area contributed by atoms with Crippen molar-refractivity contribution >= 4 is 11.7 Å². The summed E-state index contributed by atoms with van der Waals surface area (Å²) in [6.45, 7) is 9.31. The van der Waals surface area contributed by atoms with Crippen molar-refractivity contribution in [3.8, 4) is 0 Å². The van der Waals surface area contributed by atoms with Crippen LogP contribution in [-0.2, 0) is 0 Å². The standard InChI is InChI=1S/C20H31FN4O/c1-15(2)12-25(16-8-10-23(3)11-9-16)17-13-24(14-17)20(26)22-19-7-5-4-6-18(19)21/h4-7,15-17H,8-14H2,1-3H3,(H,22,26). The maximum Gasteiger partial charge on any atom is 0.322 e. The molecule has 2 saturated heterocycles. The zero-order chi connectivity index (χ0) is 18.7. The highest BCUT2D eigenvalue weighted by atomic mass is 19.1. The van der Waals surface area contributed by atoms with Gasteiger partial charge in [-0.3, -0.25) is 4.90 Å². The summed E-state index contributed by atoms with van der Waals surface area (Å²) in [6, 6.07) is 7.11. The molecule has 26 heavy (non-hydrogen) atoms. The quantitative estimate of drug-likeness (QED) is 0.875. The number of urea groups is 1. The number of nitrogens with zero attached hydrogens (tertiary/aromatic N) is 3. The van der Waals surface area contributed by atoms with E-state index < -0.39 is 5.82 Å². The first-order valence-corrected chi connectivity index (χ1v) is 9.68. The molecule has 144 valence electrons. The average molecular weight is 362 g/mol. The second kappa shape index (κ2) is 8.35. The fourth-order valence-corrected chi connectivity index (χ4v) is 3.93. The molecule has 0 aliphatic carbocycles. The number of rotatable bonds is 5. The lowest BCUT2D eigenvalue weighted by Crippen LogP contribution is -2.65. The van der Waals surface area contributed by atoms with Crippen LogP contribution in [0.3, 0.4) is 0 Å². The first-order valence-electron chi connectivity index (χ1n) is 9.68. The Labute approximate surface area is 156 Å². The highest BCUT2D eigenvalue weighted by molar-refractivity contribution is 5.90.